The van der Waals surface area contributed by atoms with Crippen LogP contribution in [0.5, 0.6) is 0 Å². The number of rotatable bonds is 2. The molecular weight excluding hydrogens is 536 g/mol. The number of fused-ring (bicyclic) bond motifs is 1. The zero-order valence-electron chi connectivity index (χ0n) is 25.2. The van der Waals surface area contributed by atoms with Crippen molar-refractivity contribution in [3.8, 4) is 0 Å². The summed E-state index contributed by atoms with van der Waals surface area (Å²) in [5.41, 5.74) is -5.81. The fraction of sp³-hybridized carbons (Fsp3) is 0.724. The van der Waals surface area contributed by atoms with Crippen molar-refractivity contribution >= 4 is 23.9 Å². The van der Waals surface area contributed by atoms with Crippen LogP contribution < -0.4 is 0 Å². The highest BCUT2D eigenvalue weighted by atomic mass is 17.2. The Kier molecular flexibility index (Phi) is 7.75. The fourth-order valence-corrected chi connectivity index (χ4v) is 6.60. The summed E-state index contributed by atoms with van der Waals surface area (Å²) in [4.78, 5) is 72.0. The van der Waals surface area contributed by atoms with Gasteiger partial charge >= 0.3 is 23.9 Å². The van der Waals surface area contributed by atoms with Crippen LogP contribution in [0.25, 0.3) is 0 Å². The fourth-order valence-electron chi connectivity index (χ4n) is 6.60. The third kappa shape index (κ3) is 4.50. The van der Waals surface area contributed by atoms with Gasteiger partial charge in [-0.1, -0.05) is 34.6 Å². The number of aromatic nitrogens is 2. The van der Waals surface area contributed by atoms with Gasteiger partial charge in [0.1, 0.15) is 6.10 Å². The molecule has 1 aromatic rings. The second-order valence-electron chi connectivity index (χ2n) is 12.8. The molecular formula is C29H40N2O10. The molecule has 4 heterocycles. The summed E-state index contributed by atoms with van der Waals surface area (Å²) < 4.78 is 16.8. The maximum atomic E-state index is 13.7. The Morgan fingerprint density at radius 2 is 1.63 bits per heavy atom. The molecule has 0 radical (unpaired) electrons. The minimum atomic E-state index is -2.31. The zero-order chi connectivity index (χ0) is 30.7. The van der Waals surface area contributed by atoms with E-state index in [2.05, 4.69) is 30.7 Å². The third-order valence-corrected chi connectivity index (χ3v) is 9.07. The molecule has 0 aromatic carbocycles. The molecule has 1 aromatic heterocycles. The van der Waals surface area contributed by atoms with Gasteiger partial charge < -0.3 is 19.3 Å². The molecule has 3 saturated heterocycles. The van der Waals surface area contributed by atoms with Crippen molar-refractivity contribution in [1.82, 2.24) is 9.97 Å². The molecule has 4 aliphatic rings. The molecule has 0 amide bonds. The lowest BCUT2D eigenvalue weighted by molar-refractivity contribution is -0.374. The van der Waals surface area contributed by atoms with Crippen LogP contribution in [0.15, 0.2) is 0 Å². The molecule has 4 fully saturated rings. The number of aryl methyl sites for hydroxylation is 3. The van der Waals surface area contributed by atoms with Gasteiger partial charge in [-0.15, -0.1) is 0 Å². The van der Waals surface area contributed by atoms with Gasteiger partial charge in [-0.2, -0.15) is 4.89 Å². The SMILES string of the molecule is CC(C)C.Cc1nc(C)c(C(=O)OC2C(=O)OOC34C(=O)OC(C)CCC2(C)C3(C)CC2OC(=O)C[C@@]24O)nc1C. The van der Waals surface area contributed by atoms with Gasteiger partial charge in [0.2, 0.25) is 11.7 Å². The van der Waals surface area contributed by atoms with Gasteiger partial charge in [0.05, 0.1) is 29.6 Å². The molecule has 12 heteroatoms. The van der Waals surface area contributed by atoms with E-state index < -0.39 is 70.6 Å². The van der Waals surface area contributed by atoms with E-state index in [1.54, 1.807) is 41.5 Å². The number of cyclic esters (lactones) is 1. The Bertz CT molecular complexity index is 1280. The molecule has 0 spiro atoms. The van der Waals surface area contributed by atoms with E-state index in [0.29, 0.717) is 23.5 Å². The second-order valence-corrected chi connectivity index (χ2v) is 12.8. The smallest absolute Gasteiger partial charge is 0.383 e. The number of aliphatic hydroxyl groups is 1. The molecule has 12 nitrogen and oxygen atoms in total. The predicted octanol–water partition coefficient (Wildman–Crippen LogP) is 3.01. The minimum Gasteiger partial charge on any atom is -0.460 e. The molecule has 41 heavy (non-hydrogen) atoms. The molecule has 6 unspecified atom stereocenters. The van der Waals surface area contributed by atoms with E-state index in [4.69, 9.17) is 24.0 Å². The van der Waals surface area contributed by atoms with E-state index in [9.17, 15) is 24.3 Å². The largest absolute Gasteiger partial charge is 0.460 e. The number of nitrogens with zero attached hydrogens (tertiary/aromatic N) is 2. The Hall–Kier alpha value is -3.12. The first-order valence-electron chi connectivity index (χ1n) is 14.0. The molecule has 3 aliphatic heterocycles. The maximum absolute atomic E-state index is 13.7. The molecule has 226 valence electrons. The predicted molar refractivity (Wildman–Crippen MR) is 141 cm³/mol. The van der Waals surface area contributed by atoms with Crippen molar-refractivity contribution in [2.24, 2.45) is 16.7 Å². The average molecular weight is 577 g/mol. The van der Waals surface area contributed by atoms with Crippen molar-refractivity contribution in [2.75, 3.05) is 0 Å². The lowest BCUT2D eigenvalue weighted by atomic mass is 9.52. The number of hydrogen-bond donors (Lipinski definition) is 1. The van der Waals surface area contributed by atoms with E-state index in [0.717, 1.165) is 5.92 Å². The van der Waals surface area contributed by atoms with Crippen LogP contribution >= 0.6 is 0 Å². The van der Waals surface area contributed by atoms with E-state index >= 15 is 0 Å². The van der Waals surface area contributed by atoms with Crippen LogP contribution in [0.4, 0.5) is 0 Å². The molecule has 7 atom stereocenters. The van der Waals surface area contributed by atoms with Crippen LogP contribution in [-0.4, -0.2) is 68.5 Å². The number of hydrogen-bond acceptors (Lipinski definition) is 12. The summed E-state index contributed by atoms with van der Waals surface area (Å²) in [5, 5.41) is 11.8. The van der Waals surface area contributed by atoms with E-state index in [1.165, 1.54) is 0 Å². The number of esters is 3. The van der Waals surface area contributed by atoms with E-state index in [-0.39, 0.29) is 18.5 Å². The molecule has 2 bridgehead atoms. The minimum absolute atomic E-state index is 0.0597. The van der Waals surface area contributed by atoms with Crippen molar-refractivity contribution in [3.63, 3.8) is 0 Å². The van der Waals surface area contributed by atoms with E-state index in [1.807, 2.05) is 0 Å². The summed E-state index contributed by atoms with van der Waals surface area (Å²) in [6.45, 7) is 16.6. The Morgan fingerprint density at radius 3 is 2.27 bits per heavy atom. The lowest BCUT2D eigenvalue weighted by Crippen LogP contribution is -2.70. The highest BCUT2D eigenvalue weighted by Crippen LogP contribution is 2.69. The monoisotopic (exact) mass is 576 g/mol. The maximum Gasteiger partial charge on any atom is 0.383 e. The number of carbonyl (C=O) groups excluding carboxylic acids is 4. The van der Waals surface area contributed by atoms with Crippen molar-refractivity contribution < 1.29 is 48.3 Å². The van der Waals surface area contributed by atoms with Crippen molar-refractivity contribution in [1.29, 1.82) is 0 Å². The summed E-state index contributed by atoms with van der Waals surface area (Å²) in [5.74, 6) is -2.83. The van der Waals surface area contributed by atoms with Gasteiger partial charge in [-0.3, -0.25) is 14.7 Å². The Morgan fingerprint density at radius 1 is 1.02 bits per heavy atom. The number of ether oxygens (including phenoxy) is 3. The topological polar surface area (TPSA) is 160 Å². The Labute approximate surface area is 239 Å². The molecule has 1 saturated carbocycles. The summed E-state index contributed by atoms with van der Waals surface area (Å²) in [6, 6.07) is 0. The first-order chi connectivity index (χ1) is 18.9. The van der Waals surface area contributed by atoms with Crippen LogP contribution in [0.1, 0.15) is 94.8 Å². The second kappa shape index (κ2) is 10.3. The standard InChI is InChI=1S/C25H30N2O10.C4H10/c1-11-7-8-22(5)18(35-19(29)17-14(4)26-12(2)13(3)27-17)20(30)36-37-25(21(31)33-11)23(22,6)9-15-24(25,32)10-16(28)34-15;1-4(2)3/h11,15,18,32H,7-10H2,1-6H3;4H,1-3H3/t11?,15?,18?,22?,23?,24-,25?;/m1./s1. The molecule has 1 aliphatic carbocycles. The lowest BCUT2D eigenvalue weighted by Gasteiger charge is -2.53. The van der Waals surface area contributed by atoms with Crippen LogP contribution in [0.3, 0.4) is 0 Å². The normalized spacial score (nSPS) is 37.7. The summed E-state index contributed by atoms with van der Waals surface area (Å²) in [7, 11) is 0. The van der Waals surface area contributed by atoms with Crippen LogP contribution in [0, 0.1) is 37.5 Å². The highest BCUT2D eigenvalue weighted by molar-refractivity contribution is 5.92. The average Bonchev–Trinajstić information content (AvgIpc) is 3.21. The first kappa shape index (κ1) is 30.8. The summed E-state index contributed by atoms with van der Waals surface area (Å²) in [6.07, 6.45) is -3.40. The van der Waals surface area contributed by atoms with Gasteiger partial charge in [-0.05, 0) is 52.9 Å². The van der Waals surface area contributed by atoms with Crippen LogP contribution in [-0.2, 0) is 38.4 Å². The van der Waals surface area contributed by atoms with Gasteiger partial charge in [-0.25, -0.2) is 19.4 Å². The summed E-state index contributed by atoms with van der Waals surface area (Å²) >= 11 is 0. The third-order valence-electron chi connectivity index (χ3n) is 9.07. The quantitative estimate of drug-likeness (QED) is 0.312. The number of carbonyl (C=O) groups is 4. The van der Waals surface area contributed by atoms with Gasteiger partial charge in [0.25, 0.3) is 0 Å². The van der Waals surface area contributed by atoms with Gasteiger partial charge in [0, 0.05) is 10.8 Å². The molecule has 5 rings (SSSR count). The van der Waals surface area contributed by atoms with Crippen molar-refractivity contribution in [2.45, 2.75) is 118 Å². The van der Waals surface area contributed by atoms with Gasteiger partial charge in [0.15, 0.2) is 11.3 Å². The van der Waals surface area contributed by atoms with Crippen LogP contribution in [0.2, 0.25) is 0 Å². The zero-order valence-corrected chi connectivity index (χ0v) is 25.2. The highest BCUT2D eigenvalue weighted by Gasteiger charge is 2.86. The first-order valence-corrected chi connectivity index (χ1v) is 14.0. The molecule has 1 N–H and O–H groups in total. The Balaban J connectivity index is 0.000000909. The van der Waals surface area contributed by atoms with Crippen molar-refractivity contribution in [3.05, 3.63) is 22.8 Å².